The molecule has 1 aromatic heterocycles. The molecule has 0 spiro atoms. The monoisotopic (exact) mass is 444 g/mol. The molecule has 3 heterocycles. The van der Waals surface area contributed by atoms with Gasteiger partial charge < -0.3 is 21.8 Å². The lowest BCUT2D eigenvalue weighted by Crippen LogP contribution is -2.37. The Morgan fingerprint density at radius 1 is 1.00 bits per heavy atom. The molecule has 1 aliphatic carbocycles. The van der Waals surface area contributed by atoms with Crippen molar-refractivity contribution in [3.8, 4) is 0 Å². The third kappa shape index (κ3) is 5.40. The second-order valence-corrected chi connectivity index (χ2v) is 8.89. The summed E-state index contributed by atoms with van der Waals surface area (Å²) in [6.07, 6.45) is 12.5. The number of aromatic nitrogens is 2. The van der Waals surface area contributed by atoms with Gasteiger partial charge in [0.1, 0.15) is 11.7 Å². The van der Waals surface area contributed by atoms with E-state index in [0.29, 0.717) is 24.6 Å². The molecule has 2 fully saturated rings. The summed E-state index contributed by atoms with van der Waals surface area (Å²) < 4.78 is 0. The summed E-state index contributed by atoms with van der Waals surface area (Å²) in [5.74, 6) is 2.41. The van der Waals surface area contributed by atoms with Gasteiger partial charge in [0.2, 0.25) is 5.95 Å². The Labute approximate surface area is 194 Å². The Morgan fingerprint density at radius 2 is 1.82 bits per heavy atom. The van der Waals surface area contributed by atoms with Gasteiger partial charge in [-0.2, -0.15) is 0 Å². The average Bonchev–Trinajstić information content (AvgIpc) is 3.22. The summed E-state index contributed by atoms with van der Waals surface area (Å²) in [5.41, 5.74) is 15.9. The lowest BCUT2D eigenvalue weighted by molar-refractivity contribution is 0.359. The summed E-state index contributed by atoms with van der Waals surface area (Å²) >= 11 is 0. The maximum Gasteiger partial charge on any atom is 0.223 e. The molecule has 1 saturated heterocycles. The number of benzene rings is 1. The van der Waals surface area contributed by atoms with Crippen molar-refractivity contribution in [3.05, 3.63) is 77.4 Å². The number of nitrogens with zero attached hydrogens (tertiary/aromatic N) is 3. The first-order valence-corrected chi connectivity index (χ1v) is 11.9. The molecule has 1 unspecified atom stereocenters. The summed E-state index contributed by atoms with van der Waals surface area (Å²) in [7, 11) is 0. The molecule has 6 N–H and O–H groups in total. The van der Waals surface area contributed by atoms with E-state index in [4.69, 9.17) is 15.7 Å². The van der Waals surface area contributed by atoms with Gasteiger partial charge in [-0.1, -0.05) is 36.4 Å². The highest BCUT2D eigenvalue weighted by atomic mass is 15.4. The zero-order valence-electron chi connectivity index (χ0n) is 18.8. The maximum atomic E-state index is 6.06. The van der Waals surface area contributed by atoms with Crippen LogP contribution in [0.15, 0.2) is 71.1 Å². The molecule has 5 rings (SSSR count). The molecule has 33 heavy (non-hydrogen) atoms. The van der Waals surface area contributed by atoms with Gasteiger partial charge in [-0.25, -0.2) is 20.4 Å². The van der Waals surface area contributed by atoms with Crippen LogP contribution in [0.5, 0.6) is 0 Å². The summed E-state index contributed by atoms with van der Waals surface area (Å²) in [6, 6.07) is 12.9. The lowest BCUT2D eigenvalue weighted by Gasteiger charge is -2.28. The highest BCUT2D eigenvalue weighted by Gasteiger charge is 2.30. The number of aliphatic imine (C=N–C) groups is 1. The summed E-state index contributed by atoms with van der Waals surface area (Å²) in [4.78, 5) is 14.1. The topological polar surface area (TPSA) is 112 Å². The molecule has 1 atom stereocenters. The van der Waals surface area contributed by atoms with Crippen LogP contribution in [0.4, 0.5) is 5.95 Å². The molecule has 8 nitrogen and oxygen atoms in total. The van der Waals surface area contributed by atoms with E-state index in [1.54, 1.807) is 6.20 Å². The highest BCUT2D eigenvalue weighted by molar-refractivity contribution is 6.01. The molecule has 2 aliphatic heterocycles. The predicted octanol–water partition coefficient (Wildman–Crippen LogP) is 3.06. The van der Waals surface area contributed by atoms with Gasteiger partial charge in [0, 0.05) is 30.4 Å². The van der Waals surface area contributed by atoms with E-state index in [-0.39, 0.29) is 6.04 Å². The number of amidine groups is 1. The number of hydrogen-bond acceptors (Lipinski definition) is 8. The number of nitrogens with two attached hydrogens (primary N) is 1. The minimum Gasteiger partial charge on any atom is -0.368 e. The molecule has 172 valence electrons. The number of hydrazine groups is 1. The van der Waals surface area contributed by atoms with Crippen molar-refractivity contribution in [2.45, 2.75) is 63.2 Å². The van der Waals surface area contributed by atoms with Crippen LogP contribution in [-0.4, -0.2) is 27.9 Å². The first kappa shape index (κ1) is 21.6. The molecule has 3 aliphatic rings. The van der Waals surface area contributed by atoms with E-state index in [0.717, 1.165) is 61.4 Å². The van der Waals surface area contributed by atoms with E-state index in [1.165, 1.54) is 5.56 Å². The van der Waals surface area contributed by atoms with Gasteiger partial charge in [0.05, 0.1) is 11.7 Å². The van der Waals surface area contributed by atoms with Crippen LogP contribution in [0.2, 0.25) is 0 Å². The second kappa shape index (κ2) is 10.1. The normalized spacial score (nSPS) is 24.9. The second-order valence-electron chi connectivity index (χ2n) is 8.89. The summed E-state index contributed by atoms with van der Waals surface area (Å²) in [5, 5.41) is 6.97. The Bertz CT molecular complexity index is 1040. The van der Waals surface area contributed by atoms with Crippen LogP contribution in [0.1, 0.15) is 55.8 Å². The quantitative estimate of drug-likeness (QED) is 0.465. The number of nitrogens with one attached hydrogen (secondary N) is 4. The number of rotatable bonds is 6. The van der Waals surface area contributed by atoms with Crippen LogP contribution in [0, 0.1) is 0 Å². The van der Waals surface area contributed by atoms with Crippen molar-refractivity contribution >= 4 is 11.8 Å². The molecular weight excluding hydrogens is 412 g/mol. The van der Waals surface area contributed by atoms with E-state index in [2.05, 4.69) is 50.8 Å². The molecule has 0 amide bonds. The van der Waals surface area contributed by atoms with Gasteiger partial charge in [-0.15, -0.1) is 0 Å². The van der Waals surface area contributed by atoms with Crippen molar-refractivity contribution in [3.63, 3.8) is 0 Å². The molecule has 0 bridgehead atoms. The number of hydrogen-bond donors (Lipinski definition) is 5. The fourth-order valence-corrected chi connectivity index (χ4v) is 4.55. The standard InChI is InChI=1S/C25H32N8/c26-18-10-12-19(13-11-18)29-22-9-5-4-8-20-23(32-33-24(20)31-22)21-14-15-27-25(30-21)28-16-17-6-2-1-3-7-17/h1-3,6-9,14-15,18-19,23,29,32H,4-5,10-13,16,26H2,(H,31,33)(H,27,28,30). The van der Waals surface area contributed by atoms with E-state index in [1.807, 2.05) is 24.3 Å². The van der Waals surface area contributed by atoms with Crippen LogP contribution in [0.25, 0.3) is 0 Å². The van der Waals surface area contributed by atoms with E-state index in [9.17, 15) is 0 Å². The zero-order valence-corrected chi connectivity index (χ0v) is 18.8. The largest absolute Gasteiger partial charge is 0.368 e. The number of allylic oxidation sites excluding steroid dienone is 2. The molecule has 2 aromatic rings. The van der Waals surface area contributed by atoms with Crippen LogP contribution in [0.3, 0.4) is 0 Å². The van der Waals surface area contributed by atoms with Gasteiger partial charge in [0.15, 0.2) is 0 Å². The van der Waals surface area contributed by atoms with Crippen molar-refractivity contribution in [1.82, 2.24) is 26.1 Å². The third-order valence-corrected chi connectivity index (χ3v) is 6.41. The molecular formula is C25H32N8. The van der Waals surface area contributed by atoms with Crippen LogP contribution >= 0.6 is 0 Å². The number of fused-ring (bicyclic) bond motifs is 1. The fraction of sp³-hybridized carbons (Fsp3) is 0.400. The van der Waals surface area contributed by atoms with Crippen molar-refractivity contribution in [2.75, 3.05) is 5.32 Å². The lowest BCUT2D eigenvalue weighted by atomic mass is 9.92. The first-order chi connectivity index (χ1) is 16.2. The van der Waals surface area contributed by atoms with Crippen molar-refractivity contribution in [1.29, 1.82) is 0 Å². The SMILES string of the molecule is NC1CCC(NC2=CCCC=C3C(=N2)NNC3c2ccnc(NCc3ccccc3)n2)CC1. The molecule has 0 radical (unpaired) electrons. The molecule has 1 saturated carbocycles. The number of anilines is 1. The first-order valence-electron chi connectivity index (χ1n) is 11.9. The van der Waals surface area contributed by atoms with E-state index >= 15 is 0 Å². The third-order valence-electron chi connectivity index (χ3n) is 6.41. The summed E-state index contributed by atoms with van der Waals surface area (Å²) in [6.45, 7) is 0.682. The Balaban J connectivity index is 1.28. The Hall–Kier alpha value is -3.23. The van der Waals surface area contributed by atoms with Gasteiger partial charge >= 0.3 is 0 Å². The van der Waals surface area contributed by atoms with Crippen molar-refractivity contribution < 1.29 is 0 Å². The Kier molecular flexibility index (Phi) is 6.64. The van der Waals surface area contributed by atoms with Gasteiger partial charge in [0.25, 0.3) is 0 Å². The van der Waals surface area contributed by atoms with Gasteiger partial charge in [-0.3, -0.25) is 0 Å². The average molecular weight is 445 g/mol. The van der Waals surface area contributed by atoms with Crippen molar-refractivity contribution in [2.24, 2.45) is 10.7 Å². The maximum absolute atomic E-state index is 6.06. The zero-order chi connectivity index (χ0) is 22.5. The smallest absolute Gasteiger partial charge is 0.223 e. The highest BCUT2D eigenvalue weighted by Crippen LogP contribution is 2.27. The Morgan fingerprint density at radius 3 is 2.67 bits per heavy atom. The fourth-order valence-electron chi connectivity index (χ4n) is 4.55. The molecule has 8 heteroatoms. The van der Waals surface area contributed by atoms with Crippen LogP contribution in [-0.2, 0) is 6.54 Å². The van der Waals surface area contributed by atoms with Gasteiger partial charge in [-0.05, 0) is 56.2 Å². The minimum absolute atomic E-state index is 0.0731. The minimum atomic E-state index is -0.0731. The van der Waals surface area contributed by atoms with Crippen LogP contribution < -0.4 is 27.2 Å². The van der Waals surface area contributed by atoms with E-state index < -0.39 is 0 Å². The predicted molar refractivity (Wildman–Crippen MR) is 131 cm³/mol. The molecule has 1 aromatic carbocycles.